The Balaban J connectivity index is 2.16. The molecule has 2 nitrogen and oxygen atoms in total. The Kier molecular flexibility index (Phi) is 4.14. The number of hydrogen-bond acceptors (Lipinski definition) is 3. The van der Waals surface area contributed by atoms with E-state index in [4.69, 9.17) is 4.74 Å². The molecule has 1 heterocycles. The number of carbonyl (C=O) groups is 1. The van der Waals surface area contributed by atoms with Crippen molar-refractivity contribution < 1.29 is 13.9 Å². The third-order valence-corrected chi connectivity index (χ3v) is 4.14. The first-order valence-corrected chi connectivity index (χ1v) is 6.87. The molecule has 0 atom stereocenters. The Bertz CT molecular complexity index is 580. The van der Waals surface area contributed by atoms with E-state index >= 15 is 0 Å². The van der Waals surface area contributed by atoms with Crippen molar-refractivity contribution in [1.29, 1.82) is 0 Å². The smallest absolute Gasteiger partial charge is 0.177 e. The second kappa shape index (κ2) is 5.63. The minimum absolute atomic E-state index is 0.00407. The minimum Gasteiger partial charge on any atom is -0.496 e. The number of Topliss-reactive ketones (excluding diaryl/α,β-unsaturated/α-hetero) is 1. The Morgan fingerprint density at radius 2 is 2.22 bits per heavy atom. The van der Waals surface area contributed by atoms with Gasteiger partial charge >= 0.3 is 0 Å². The Morgan fingerprint density at radius 3 is 2.83 bits per heavy atom. The van der Waals surface area contributed by atoms with E-state index in [-0.39, 0.29) is 18.0 Å². The van der Waals surface area contributed by atoms with Gasteiger partial charge in [0.25, 0.3) is 0 Å². The van der Waals surface area contributed by atoms with Gasteiger partial charge in [0.1, 0.15) is 11.6 Å². The molecular weight excluding hydrogens is 319 g/mol. The van der Waals surface area contributed by atoms with Gasteiger partial charge in [-0.15, -0.1) is 11.3 Å². The van der Waals surface area contributed by atoms with E-state index in [1.54, 1.807) is 24.6 Å². The number of benzene rings is 1. The van der Waals surface area contributed by atoms with Crippen LogP contribution in [0.3, 0.4) is 0 Å². The van der Waals surface area contributed by atoms with Crippen LogP contribution in [0.4, 0.5) is 4.39 Å². The topological polar surface area (TPSA) is 26.3 Å². The molecule has 0 aliphatic rings. The first-order valence-electron chi connectivity index (χ1n) is 5.20. The van der Waals surface area contributed by atoms with Crippen LogP contribution in [-0.4, -0.2) is 12.9 Å². The van der Waals surface area contributed by atoms with Gasteiger partial charge in [-0.1, -0.05) is 22.0 Å². The number of thiophene rings is 1. The van der Waals surface area contributed by atoms with Crippen LogP contribution < -0.4 is 4.74 Å². The molecule has 2 aromatic rings. The Morgan fingerprint density at radius 1 is 1.44 bits per heavy atom. The zero-order valence-electron chi connectivity index (χ0n) is 9.57. The first kappa shape index (κ1) is 13.2. The lowest BCUT2D eigenvalue weighted by molar-refractivity contribution is 0.0996. The SMILES string of the molecule is COc1csc(C(=O)Cc2ccc(F)cc2Br)c1. The van der Waals surface area contributed by atoms with Crippen LogP contribution in [0.2, 0.25) is 0 Å². The third kappa shape index (κ3) is 2.97. The van der Waals surface area contributed by atoms with Crippen molar-refractivity contribution in [2.45, 2.75) is 6.42 Å². The summed E-state index contributed by atoms with van der Waals surface area (Å²) in [7, 11) is 1.56. The molecule has 0 aliphatic heterocycles. The lowest BCUT2D eigenvalue weighted by Crippen LogP contribution is -2.02. The molecule has 0 fully saturated rings. The lowest BCUT2D eigenvalue weighted by Gasteiger charge is -2.02. The lowest BCUT2D eigenvalue weighted by atomic mass is 10.1. The van der Waals surface area contributed by atoms with Crippen molar-refractivity contribution in [2.24, 2.45) is 0 Å². The number of halogens is 2. The molecule has 2 rings (SSSR count). The molecule has 0 aliphatic carbocycles. The van der Waals surface area contributed by atoms with Crippen LogP contribution in [0.1, 0.15) is 15.2 Å². The molecular formula is C13H10BrFO2S. The Labute approximate surface area is 117 Å². The molecule has 5 heteroatoms. The van der Waals surface area contributed by atoms with Crippen LogP contribution in [0.15, 0.2) is 34.1 Å². The average Bonchev–Trinajstić information content (AvgIpc) is 2.81. The summed E-state index contributed by atoms with van der Waals surface area (Å²) >= 11 is 4.60. The third-order valence-electron chi connectivity index (χ3n) is 2.45. The van der Waals surface area contributed by atoms with Crippen LogP contribution in [0.5, 0.6) is 5.75 Å². The van der Waals surface area contributed by atoms with Crippen LogP contribution in [-0.2, 0) is 6.42 Å². The molecule has 1 aromatic carbocycles. The van der Waals surface area contributed by atoms with Crippen LogP contribution >= 0.6 is 27.3 Å². The number of ether oxygens (including phenoxy) is 1. The van der Waals surface area contributed by atoms with Gasteiger partial charge in [-0.25, -0.2) is 4.39 Å². The van der Waals surface area contributed by atoms with Gasteiger partial charge in [-0.05, 0) is 17.7 Å². The van der Waals surface area contributed by atoms with Crippen LogP contribution in [0.25, 0.3) is 0 Å². The van der Waals surface area contributed by atoms with Crippen molar-refractivity contribution in [3.63, 3.8) is 0 Å². The summed E-state index contributed by atoms with van der Waals surface area (Å²) in [4.78, 5) is 12.7. The Hall–Kier alpha value is -1.20. The van der Waals surface area contributed by atoms with E-state index in [1.807, 2.05) is 0 Å². The molecule has 0 radical (unpaired) electrons. The molecule has 0 saturated carbocycles. The first-order chi connectivity index (χ1) is 8.60. The molecule has 0 unspecified atom stereocenters. The monoisotopic (exact) mass is 328 g/mol. The standard InChI is InChI=1S/C13H10BrFO2S/c1-17-10-6-13(18-7-10)12(16)4-8-2-3-9(15)5-11(8)14/h2-3,5-7H,4H2,1H3. The van der Waals surface area contributed by atoms with Crippen LogP contribution in [0, 0.1) is 5.82 Å². The maximum atomic E-state index is 12.9. The van der Waals surface area contributed by atoms with Crippen molar-refractivity contribution in [3.05, 3.63) is 50.4 Å². The highest BCUT2D eigenvalue weighted by Gasteiger charge is 2.12. The highest BCUT2D eigenvalue weighted by molar-refractivity contribution is 9.10. The average molecular weight is 329 g/mol. The number of ketones is 1. The number of carbonyl (C=O) groups excluding carboxylic acids is 1. The predicted octanol–water partition coefficient (Wildman–Crippen LogP) is 4.08. The minimum atomic E-state index is -0.323. The van der Waals surface area contributed by atoms with E-state index in [9.17, 15) is 9.18 Å². The molecule has 1 aromatic heterocycles. The normalized spacial score (nSPS) is 10.4. The number of rotatable bonds is 4. The van der Waals surface area contributed by atoms with Gasteiger partial charge in [-0.3, -0.25) is 4.79 Å². The van der Waals surface area contributed by atoms with E-state index in [2.05, 4.69) is 15.9 Å². The highest BCUT2D eigenvalue weighted by Crippen LogP contribution is 2.24. The summed E-state index contributed by atoms with van der Waals surface area (Å²) in [5.74, 6) is 0.355. The largest absolute Gasteiger partial charge is 0.496 e. The summed E-state index contributed by atoms with van der Waals surface area (Å²) in [5, 5.41) is 1.78. The summed E-state index contributed by atoms with van der Waals surface area (Å²) in [6, 6.07) is 6.03. The molecule has 18 heavy (non-hydrogen) atoms. The molecule has 0 N–H and O–H groups in total. The molecule has 0 spiro atoms. The summed E-state index contributed by atoms with van der Waals surface area (Å²) in [6.45, 7) is 0. The maximum Gasteiger partial charge on any atom is 0.177 e. The molecule has 0 saturated heterocycles. The highest BCUT2D eigenvalue weighted by atomic mass is 79.9. The van der Waals surface area contributed by atoms with Crippen molar-refractivity contribution in [2.75, 3.05) is 7.11 Å². The quantitative estimate of drug-likeness (QED) is 0.790. The van der Waals surface area contributed by atoms with Gasteiger partial charge < -0.3 is 4.74 Å². The fourth-order valence-electron chi connectivity index (χ4n) is 1.50. The zero-order valence-corrected chi connectivity index (χ0v) is 12.0. The summed E-state index contributed by atoms with van der Waals surface area (Å²) < 4.78 is 18.6. The maximum absolute atomic E-state index is 12.9. The summed E-state index contributed by atoms with van der Waals surface area (Å²) in [6.07, 6.45) is 0.241. The second-order valence-electron chi connectivity index (χ2n) is 3.69. The van der Waals surface area contributed by atoms with Crippen molar-refractivity contribution >= 4 is 33.0 Å². The summed E-state index contributed by atoms with van der Waals surface area (Å²) in [5.41, 5.74) is 0.772. The van der Waals surface area contributed by atoms with Crippen molar-refractivity contribution in [3.8, 4) is 5.75 Å². The van der Waals surface area contributed by atoms with Gasteiger partial charge in [0, 0.05) is 22.3 Å². The van der Waals surface area contributed by atoms with E-state index in [0.717, 1.165) is 5.56 Å². The molecule has 0 bridgehead atoms. The predicted molar refractivity (Wildman–Crippen MR) is 73.0 cm³/mol. The molecule has 94 valence electrons. The van der Waals surface area contributed by atoms with E-state index in [1.165, 1.54) is 23.5 Å². The second-order valence-corrected chi connectivity index (χ2v) is 5.45. The fourth-order valence-corrected chi connectivity index (χ4v) is 2.78. The van der Waals surface area contributed by atoms with E-state index < -0.39 is 0 Å². The fraction of sp³-hybridized carbons (Fsp3) is 0.154. The van der Waals surface area contributed by atoms with Gasteiger partial charge in [0.05, 0.1) is 12.0 Å². The van der Waals surface area contributed by atoms with Crippen molar-refractivity contribution in [1.82, 2.24) is 0 Å². The zero-order chi connectivity index (χ0) is 13.1. The van der Waals surface area contributed by atoms with Gasteiger partial charge in [0.2, 0.25) is 0 Å². The number of hydrogen-bond donors (Lipinski definition) is 0. The molecule has 0 amide bonds. The van der Waals surface area contributed by atoms with E-state index in [0.29, 0.717) is 15.1 Å². The number of methoxy groups -OCH3 is 1. The van der Waals surface area contributed by atoms with Gasteiger partial charge in [0.15, 0.2) is 5.78 Å². The van der Waals surface area contributed by atoms with Gasteiger partial charge in [-0.2, -0.15) is 0 Å².